The molecule has 0 aliphatic rings. The van der Waals surface area contributed by atoms with Crippen LogP contribution in [0.1, 0.15) is 16.8 Å². The Kier molecular flexibility index (Phi) is 4.48. The monoisotopic (exact) mass is 327 g/mol. The highest BCUT2D eigenvalue weighted by atomic mass is 79.9. The molecule has 0 aromatic carbocycles. The third kappa shape index (κ3) is 3.17. The number of aryl methyl sites for hydroxylation is 1. The molecule has 2 heterocycles. The number of hydrogen-bond donors (Lipinski definition) is 2. The molecule has 2 N–H and O–H groups in total. The fourth-order valence-electron chi connectivity index (χ4n) is 1.44. The second-order valence-electron chi connectivity index (χ2n) is 3.61. The summed E-state index contributed by atoms with van der Waals surface area (Å²) in [5.41, 5.74) is 0. The Morgan fingerprint density at radius 1 is 1.22 bits per heavy atom. The van der Waals surface area contributed by atoms with Crippen molar-refractivity contribution in [2.24, 2.45) is 0 Å². The zero-order valence-electron chi connectivity index (χ0n) is 10.2. The van der Waals surface area contributed by atoms with E-state index in [1.807, 2.05) is 20.0 Å². The van der Waals surface area contributed by atoms with E-state index in [-0.39, 0.29) is 0 Å². The number of nitrogens with zero attached hydrogens (tertiary/aromatic N) is 3. The molecule has 2 aromatic rings. The minimum Gasteiger partial charge on any atom is -0.369 e. The van der Waals surface area contributed by atoms with Crippen molar-refractivity contribution >= 4 is 38.9 Å². The molecule has 0 bridgehead atoms. The fourth-order valence-corrected chi connectivity index (χ4v) is 2.66. The third-order valence-electron chi connectivity index (χ3n) is 2.23. The van der Waals surface area contributed by atoms with Crippen LogP contribution in [0.25, 0.3) is 0 Å². The van der Waals surface area contributed by atoms with Crippen molar-refractivity contribution in [3.63, 3.8) is 0 Å². The molecule has 5 nitrogen and oxygen atoms in total. The second-order valence-corrected chi connectivity index (χ2v) is 5.73. The summed E-state index contributed by atoms with van der Waals surface area (Å²) >= 11 is 5.18. The highest BCUT2D eigenvalue weighted by Crippen LogP contribution is 2.27. The Hall–Kier alpha value is -1.21. The van der Waals surface area contributed by atoms with Gasteiger partial charge in [-0.2, -0.15) is 0 Å². The van der Waals surface area contributed by atoms with E-state index < -0.39 is 0 Å². The second kappa shape index (κ2) is 6.10. The molecule has 0 radical (unpaired) electrons. The smallest absolute Gasteiger partial charge is 0.146 e. The van der Waals surface area contributed by atoms with Gasteiger partial charge >= 0.3 is 0 Å². The molecule has 2 rings (SSSR count). The van der Waals surface area contributed by atoms with Crippen LogP contribution in [-0.4, -0.2) is 21.5 Å². The summed E-state index contributed by atoms with van der Waals surface area (Å²) in [5.74, 6) is 1.59. The molecule has 0 atom stereocenters. The largest absolute Gasteiger partial charge is 0.369 e. The number of rotatable bonds is 5. The highest BCUT2D eigenvalue weighted by Gasteiger charge is 2.08. The average molecular weight is 328 g/mol. The van der Waals surface area contributed by atoms with E-state index in [1.54, 1.807) is 17.7 Å². The van der Waals surface area contributed by atoms with Crippen molar-refractivity contribution in [1.82, 2.24) is 15.0 Å². The van der Waals surface area contributed by atoms with Crippen LogP contribution < -0.4 is 10.6 Å². The topological polar surface area (TPSA) is 62.7 Å². The molecule has 7 heteroatoms. The number of nitrogens with one attached hydrogen (secondary N) is 2. The van der Waals surface area contributed by atoms with E-state index in [0.29, 0.717) is 6.54 Å². The highest BCUT2D eigenvalue weighted by molar-refractivity contribution is 9.10. The van der Waals surface area contributed by atoms with Crippen LogP contribution in [0, 0.1) is 6.92 Å². The van der Waals surface area contributed by atoms with Gasteiger partial charge in [-0.1, -0.05) is 0 Å². The summed E-state index contributed by atoms with van der Waals surface area (Å²) in [4.78, 5) is 13.8. The lowest BCUT2D eigenvalue weighted by molar-refractivity contribution is 1.06. The molecule has 96 valence electrons. The van der Waals surface area contributed by atoms with Crippen molar-refractivity contribution in [2.45, 2.75) is 20.4 Å². The van der Waals surface area contributed by atoms with E-state index in [4.69, 9.17) is 0 Å². The zero-order chi connectivity index (χ0) is 13.0. The number of aromatic nitrogens is 3. The van der Waals surface area contributed by atoms with Gasteiger partial charge in [-0.15, -0.1) is 11.3 Å². The molecule has 18 heavy (non-hydrogen) atoms. The van der Waals surface area contributed by atoms with E-state index >= 15 is 0 Å². The van der Waals surface area contributed by atoms with E-state index in [0.717, 1.165) is 27.7 Å². The molecule has 0 fully saturated rings. The van der Waals surface area contributed by atoms with Gasteiger partial charge in [-0.3, -0.25) is 0 Å². The molecule has 0 amide bonds. The minimum atomic E-state index is 0.715. The van der Waals surface area contributed by atoms with Crippen molar-refractivity contribution in [3.05, 3.63) is 26.9 Å². The Balaban J connectivity index is 2.07. The first-order chi connectivity index (χ1) is 8.70. The van der Waals surface area contributed by atoms with Crippen LogP contribution in [0.15, 0.2) is 17.0 Å². The zero-order valence-corrected chi connectivity index (χ0v) is 12.6. The Labute approximate surface area is 118 Å². The quantitative estimate of drug-likeness (QED) is 0.883. The molecule has 0 unspecified atom stereocenters. The summed E-state index contributed by atoms with van der Waals surface area (Å²) in [7, 11) is 0. The number of halogens is 1. The standard InChI is InChI=1S/C11H14BrN5S/c1-3-13-10-9(12)11(17-6-16-10)15-5-8-4-14-7(2)18-8/h4,6H,3,5H2,1-2H3,(H2,13,15,16,17). The predicted molar refractivity (Wildman–Crippen MR) is 78.1 cm³/mol. The van der Waals surface area contributed by atoms with Crippen molar-refractivity contribution in [3.8, 4) is 0 Å². The van der Waals surface area contributed by atoms with E-state index in [9.17, 15) is 0 Å². The molecule has 0 saturated heterocycles. The van der Waals surface area contributed by atoms with Gasteiger partial charge in [0.15, 0.2) is 0 Å². The van der Waals surface area contributed by atoms with Gasteiger partial charge in [0.25, 0.3) is 0 Å². The first-order valence-corrected chi connectivity index (χ1v) is 7.21. The van der Waals surface area contributed by atoms with Gasteiger partial charge in [-0.05, 0) is 29.8 Å². The minimum absolute atomic E-state index is 0.715. The van der Waals surface area contributed by atoms with Crippen molar-refractivity contribution in [2.75, 3.05) is 17.2 Å². The maximum absolute atomic E-state index is 4.22. The Morgan fingerprint density at radius 2 is 1.94 bits per heavy atom. The summed E-state index contributed by atoms with van der Waals surface area (Å²) in [6.07, 6.45) is 3.43. The lowest BCUT2D eigenvalue weighted by atomic mass is 10.4. The normalized spacial score (nSPS) is 10.4. The lowest BCUT2D eigenvalue weighted by Gasteiger charge is -2.09. The Bertz CT molecular complexity index is 528. The molecule has 0 spiro atoms. The molecular formula is C11H14BrN5S. The van der Waals surface area contributed by atoms with Crippen LogP contribution in [0.4, 0.5) is 11.6 Å². The van der Waals surface area contributed by atoms with Gasteiger partial charge in [0.05, 0.1) is 11.6 Å². The summed E-state index contributed by atoms with van der Waals surface area (Å²) in [6, 6.07) is 0. The number of hydrogen-bond acceptors (Lipinski definition) is 6. The van der Waals surface area contributed by atoms with Crippen LogP contribution in [0.5, 0.6) is 0 Å². The SMILES string of the molecule is CCNc1ncnc(NCc2cnc(C)s2)c1Br. The van der Waals surface area contributed by atoms with Crippen LogP contribution in [-0.2, 0) is 6.54 Å². The van der Waals surface area contributed by atoms with Crippen LogP contribution in [0.2, 0.25) is 0 Å². The summed E-state index contributed by atoms with van der Waals surface area (Å²) in [5, 5.41) is 7.52. The van der Waals surface area contributed by atoms with Gasteiger partial charge < -0.3 is 10.6 Å². The van der Waals surface area contributed by atoms with Gasteiger partial charge in [0.1, 0.15) is 22.4 Å². The molecule has 0 aliphatic heterocycles. The molecule has 2 aromatic heterocycles. The van der Waals surface area contributed by atoms with Crippen molar-refractivity contribution < 1.29 is 0 Å². The first-order valence-electron chi connectivity index (χ1n) is 5.60. The van der Waals surface area contributed by atoms with E-state index in [2.05, 4.69) is 41.5 Å². The maximum Gasteiger partial charge on any atom is 0.146 e. The average Bonchev–Trinajstić information content (AvgIpc) is 2.77. The molecular weight excluding hydrogens is 314 g/mol. The van der Waals surface area contributed by atoms with Crippen LogP contribution >= 0.6 is 27.3 Å². The molecule has 0 saturated carbocycles. The van der Waals surface area contributed by atoms with Gasteiger partial charge in [0, 0.05) is 17.6 Å². The molecule has 0 aliphatic carbocycles. The summed E-state index contributed by atoms with van der Waals surface area (Å²) < 4.78 is 0.855. The first kappa shape index (κ1) is 13.2. The van der Waals surface area contributed by atoms with Crippen LogP contribution in [0.3, 0.4) is 0 Å². The fraction of sp³-hybridized carbons (Fsp3) is 0.364. The predicted octanol–water partition coefficient (Wildman–Crippen LogP) is 3.05. The Morgan fingerprint density at radius 3 is 2.56 bits per heavy atom. The van der Waals surface area contributed by atoms with E-state index in [1.165, 1.54) is 4.88 Å². The van der Waals surface area contributed by atoms with Crippen molar-refractivity contribution in [1.29, 1.82) is 0 Å². The number of anilines is 2. The summed E-state index contributed by atoms with van der Waals surface area (Å²) in [6.45, 7) is 5.57. The van der Waals surface area contributed by atoms with Gasteiger partial charge in [-0.25, -0.2) is 15.0 Å². The third-order valence-corrected chi connectivity index (χ3v) is 3.90. The number of thiazole rings is 1. The van der Waals surface area contributed by atoms with Gasteiger partial charge in [0.2, 0.25) is 0 Å². The maximum atomic E-state index is 4.22. The lowest BCUT2D eigenvalue weighted by Crippen LogP contribution is -2.05.